The molecule has 3 heterocycles. The minimum Gasteiger partial charge on any atom is -0.480 e. The number of hydrogen-bond acceptors (Lipinski definition) is 5. The van der Waals surface area contributed by atoms with Crippen molar-refractivity contribution in [2.75, 3.05) is 13.6 Å². The predicted octanol–water partition coefficient (Wildman–Crippen LogP) is 2.17. The van der Waals surface area contributed by atoms with Crippen LogP contribution in [0.25, 0.3) is 0 Å². The first-order valence-corrected chi connectivity index (χ1v) is 8.64. The smallest absolute Gasteiger partial charge is 0.326 e. The first-order valence-electron chi connectivity index (χ1n) is 8.64. The average molecular weight is 357 g/mol. The molecule has 2 aromatic heterocycles. The highest BCUT2D eigenvalue weighted by Gasteiger charge is 2.39. The number of carboxylic acid groups (broad SMARTS) is 1. The number of aliphatic carboxylic acids is 1. The monoisotopic (exact) mass is 357 g/mol. The molecule has 0 aromatic carbocycles. The van der Waals surface area contributed by atoms with Crippen LogP contribution in [0.5, 0.6) is 0 Å². The van der Waals surface area contributed by atoms with E-state index in [-0.39, 0.29) is 17.7 Å². The summed E-state index contributed by atoms with van der Waals surface area (Å²) in [5, 5.41) is 9.66. The van der Waals surface area contributed by atoms with Crippen LogP contribution in [-0.2, 0) is 11.3 Å². The van der Waals surface area contributed by atoms with Gasteiger partial charge in [0.05, 0.1) is 6.26 Å². The molecule has 1 N–H and O–H groups in total. The molecule has 26 heavy (non-hydrogen) atoms. The number of carbonyl (C=O) groups excluding carboxylic acids is 1. The number of aromatic nitrogens is 1. The van der Waals surface area contributed by atoms with E-state index in [9.17, 15) is 14.7 Å². The van der Waals surface area contributed by atoms with Gasteiger partial charge in [-0.25, -0.2) is 4.79 Å². The van der Waals surface area contributed by atoms with Crippen molar-refractivity contribution < 1.29 is 19.1 Å². The van der Waals surface area contributed by atoms with Gasteiger partial charge < -0.3 is 14.4 Å². The van der Waals surface area contributed by atoms with Crippen molar-refractivity contribution in [1.82, 2.24) is 14.8 Å². The Hall–Kier alpha value is -2.67. The lowest BCUT2D eigenvalue weighted by Gasteiger charge is -2.40. The van der Waals surface area contributed by atoms with Crippen molar-refractivity contribution in [3.8, 4) is 0 Å². The molecule has 0 spiro atoms. The molecule has 1 saturated heterocycles. The molecule has 0 radical (unpaired) electrons. The maximum absolute atomic E-state index is 12.7. The number of pyridine rings is 1. The summed E-state index contributed by atoms with van der Waals surface area (Å²) in [4.78, 5) is 32.2. The van der Waals surface area contributed by atoms with Crippen LogP contribution in [0.4, 0.5) is 0 Å². The van der Waals surface area contributed by atoms with Crippen LogP contribution >= 0.6 is 0 Å². The zero-order chi connectivity index (χ0) is 18.7. The predicted molar refractivity (Wildman–Crippen MR) is 94.6 cm³/mol. The van der Waals surface area contributed by atoms with Crippen LogP contribution in [0.15, 0.2) is 41.3 Å². The number of carboxylic acids is 1. The van der Waals surface area contributed by atoms with Crippen LogP contribution in [0.1, 0.15) is 34.5 Å². The first kappa shape index (κ1) is 18.1. The van der Waals surface area contributed by atoms with Gasteiger partial charge in [-0.05, 0) is 44.5 Å². The van der Waals surface area contributed by atoms with Crippen molar-refractivity contribution in [3.05, 3.63) is 53.7 Å². The number of hydrogen-bond donors (Lipinski definition) is 1. The molecular weight excluding hydrogens is 334 g/mol. The van der Waals surface area contributed by atoms with Gasteiger partial charge in [-0.15, -0.1) is 0 Å². The van der Waals surface area contributed by atoms with E-state index in [0.717, 1.165) is 11.1 Å². The molecule has 3 rings (SSSR count). The van der Waals surface area contributed by atoms with Crippen molar-refractivity contribution in [2.45, 2.75) is 38.4 Å². The Bertz CT molecular complexity index is 774. The van der Waals surface area contributed by atoms with E-state index in [0.29, 0.717) is 25.9 Å². The minimum absolute atomic E-state index is 0.0815. The van der Waals surface area contributed by atoms with E-state index in [1.807, 2.05) is 25.4 Å². The van der Waals surface area contributed by atoms with Gasteiger partial charge in [0.15, 0.2) is 5.76 Å². The molecule has 0 aliphatic carbocycles. The SMILES string of the molecule is Cc1ccoc1C(=O)N1CC[C@H](N(C)Cc2cccnc2)C[C@@H]1C(=O)O. The molecule has 1 amide bonds. The Morgan fingerprint density at radius 3 is 2.85 bits per heavy atom. The number of amides is 1. The lowest BCUT2D eigenvalue weighted by Crippen LogP contribution is -2.54. The van der Waals surface area contributed by atoms with E-state index in [1.54, 1.807) is 19.2 Å². The third kappa shape index (κ3) is 3.77. The maximum Gasteiger partial charge on any atom is 0.326 e. The Balaban J connectivity index is 1.71. The molecule has 1 aliphatic rings. The number of nitrogens with zero attached hydrogens (tertiary/aromatic N) is 3. The van der Waals surface area contributed by atoms with Crippen molar-refractivity contribution in [1.29, 1.82) is 0 Å². The average Bonchev–Trinajstić information content (AvgIpc) is 3.07. The third-order valence-corrected chi connectivity index (χ3v) is 4.96. The van der Waals surface area contributed by atoms with Gasteiger partial charge in [-0.2, -0.15) is 0 Å². The fourth-order valence-electron chi connectivity index (χ4n) is 3.46. The van der Waals surface area contributed by atoms with Gasteiger partial charge in [0.1, 0.15) is 6.04 Å². The molecule has 7 nitrogen and oxygen atoms in total. The quantitative estimate of drug-likeness (QED) is 0.882. The standard InChI is InChI=1S/C19H23N3O4/c1-13-6-9-26-17(13)18(23)22-8-5-15(10-16(22)19(24)25)21(2)12-14-4-3-7-20-11-14/h3-4,6-7,9,11,15-16H,5,8,10,12H2,1-2H3,(H,24,25)/t15-,16+/m0/s1. The minimum atomic E-state index is -0.984. The summed E-state index contributed by atoms with van der Waals surface area (Å²) in [6, 6.07) is 4.81. The largest absolute Gasteiger partial charge is 0.480 e. The summed E-state index contributed by atoms with van der Waals surface area (Å²) in [7, 11) is 1.98. The van der Waals surface area contributed by atoms with Gasteiger partial charge >= 0.3 is 5.97 Å². The molecular formula is C19H23N3O4. The Kier molecular flexibility index (Phi) is 5.37. The lowest BCUT2D eigenvalue weighted by molar-refractivity contribution is -0.144. The zero-order valence-corrected chi connectivity index (χ0v) is 15.0. The molecule has 2 atom stereocenters. The summed E-state index contributed by atoms with van der Waals surface area (Å²) in [6.45, 7) is 2.86. The fourth-order valence-corrected chi connectivity index (χ4v) is 3.46. The number of piperidine rings is 1. The molecule has 7 heteroatoms. The summed E-state index contributed by atoms with van der Waals surface area (Å²) in [5.74, 6) is -1.12. The van der Waals surface area contributed by atoms with E-state index in [4.69, 9.17) is 4.42 Å². The molecule has 2 aromatic rings. The second-order valence-electron chi connectivity index (χ2n) is 6.74. The summed E-state index contributed by atoms with van der Waals surface area (Å²) in [6.07, 6.45) is 6.09. The van der Waals surface area contributed by atoms with Crippen LogP contribution in [0.3, 0.4) is 0 Å². The van der Waals surface area contributed by atoms with Gasteiger partial charge in [-0.1, -0.05) is 6.07 Å². The van der Waals surface area contributed by atoms with E-state index >= 15 is 0 Å². The number of likely N-dealkylation sites (tertiary alicyclic amines) is 1. The maximum atomic E-state index is 12.7. The van der Waals surface area contributed by atoms with Gasteiger partial charge in [0.2, 0.25) is 0 Å². The Morgan fingerprint density at radius 1 is 1.42 bits per heavy atom. The van der Waals surface area contributed by atoms with Gasteiger partial charge in [-0.3, -0.25) is 14.7 Å². The number of furan rings is 1. The fraction of sp³-hybridized carbons (Fsp3) is 0.421. The van der Waals surface area contributed by atoms with Crippen LogP contribution < -0.4 is 0 Å². The van der Waals surface area contributed by atoms with Crippen LogP contribution in [-0.4, -0.2) is 57.4 Å². The van der Waals surface area contributed by atoms with Crippen LogP contribution in [0.2, 0.25) is 0 Å². The summed E-state index contributed by atoms with van der Waals surface area (Å²) in [5.41, 5.74) is 1.79. The summed E-state index contributed by atoms with van der Waals surface area (Å²) < 4.78 is 5.26. The highest BCUT2D eigenvalue weighted by molar-refractivity contribution is 5.95. The van der Waals surface area contributed by atoms with Crippen molar-refractivity contribution in [3.63, 3.8) is 0 Å². The molecule has 1 fully saturated rings. The topological polar surface area (TPSA) is 86.9 Å². The van der Waals surface area contributed by atoms with Gasteiger partial charge in [0.25, 0.3) is 5.91 Å². The molecule has 0 bridgehead atoms. The molecule has 138 valence electrons. The van der Waals surface area contributed by atoms with E-state index in [2.05, 4.69) is 9.88 Å². The molecule has 1 aliphatic heterocycles. The lowest BCUT2D eigenvalue weighted by atomic mass is 9.95. The molecule has 0 saturated carbocycles. The van der Waals surface area contributed by atoms with Crippen molar-refractivity contribution >= 4 is 11.9 Å². The Labute approximate surface area is 152 Å². The Morgan fingerprint density at radius 2 is 2.23 bits per heavy atom. The highest BCUT2D eigenvalue weighted by Crippen LogP contribution is 2.25. The number of aryl methyl sites for hydroxylation is 1. The van der Waals surface area contributed by atoms with Crippen molar-refractivity contribution in [2.24, 2.45) is 0 Å². The number of carbonyl (C=O) groups is 2. The van der Waals surface area contributed by atoms with E-state index in [1.165, 1.54) is 11.2 Å². The third-order valence-electron chi connectivity index (χ3n) is 4.96. The normalized spacial score (nSPS) is 20.3. The molecule has 0 unspecified atom stereocenters. The second kappa shape index (κ2) is 7.70. The zero-order valence-electron chi connectivity index (χ0n) is 15.0. The number of rotatable bonds is 5. The van der Waals surface area contributed by atoms with Crippen LogP contribution in [0, 0.1) is 6.92 Å². The highest BCUT2D eigenvalue weighted by atomic mass is 16.4. The van der Waals surface area contributed by atoms with Gasteiger partial charge in [0, 0.05) is 37.1 Å². The first-order chi connectivity index (χ1) is 12.5. The summed E-state index contributed by atoms with van der Waals surface area (Å²) >= 11 is 0. The second-order valence-corrected chi connectivity index (χ2v) is 6.74. The van der Waals surface area contributed by atoms with E-state index < -0.39 is 12.0 Å².